The summed E-state index contributed by atoms with van der Waals surface area (Å²) in [6.45, 7) is 4.74. The zero-order chi connectivity index (χ0) is 18.8. The second-order valence-electron chi connectivity index (χ2n) is 6.88. The van der Waals surface area contributed by atoms with Crippen LogP contribution in [0.25, 0.3) is 0 Å². The number of nitrogens with zero attached hydrogens (tertiary/aromatic N) is 3. The number of nitro groups is 1. The van der Waals surface area contributed by atoms with Crippen LogP contribution in [-0.4, -0.2) is 33.4 Å². The Morgan fingerprint density at radius 3 is 2.77 bits per heavy atom. The number of likely N-dealkylation sites (tertiary alicyclic amines) is 1. The van der Waals surface area contributed by atoms with Crippen molar-refractivity contribution < 1.29 is 9.72 Å². The van der Waals surface area contributed by atoms with Crippen LogP contribution in [0.4, 0.5) is 11.4 Å². The quantitative estimate of drug-likeness (QED) is 0.658. The molecule has 1 atom stereocenters. The molecule has 1 saturated heterocycles. The first-order chi connectivity index (χ1) is 12.4. The number of nitrogens with one attached hydrogen (secondary N) is 1. The molecule has 1 aliphatic rings. The molecule has 0 radical (unpaired) electrons. The number of anilines is 1. The summed E-state index contributed by atoms with van der Waals surface area (Å²) in [6, 6.07) is 7.44. The van der Waals surface area contributed by atoms with Crippen LogP contribution in [0, 0.1) is 24.0 Å². The molecule has 1 aromatic carbocycles. The Hall–Kier alpha value is -2.67. The van der Waals surface area contributed by atoms with Crippen molar-refractivity contribution >= 4 is 17.3 Å². The summed E-state index contributed by atoms with van der Waals surface area (Å²) in [5.74, 6) is -0.220. The van der Waals surface area contributed by atoms with Crippen LogP contribution in [0.3, 0.4) is 0 Å². The van der Waals surface area contributed by atoms with Crippen LogP contribution in [-0.2, 0) is 11.8 Å². The molecular weight excluding hydrogens is 332 g/mol. The molecule has 7 heteroatoms. The maximum Gasteiger partial charge on any atom is 0.293 e. The minimum Gasteiger partial charge on any atom is -0.353 e. The number of hydrogen-bond donors (Lipinski definition) is 1. The Bertz CT molecular complexity index is 843. The van der Waals surface area contributed by atoms with E-state index < -0.39 is 4.92 Å². The number of aromatic nitrogens is 1. The average molecular weight is 356 g/mol. The second kappa shape index (κ2) is 7.29. The van der Waals surface area contributed by atoms with E-state index in [0.717, 1.165) is 30.5 Å². The molecule has 138 valence electrons. The Morgan fingerprint density at radius 1 is 1.35 bits per heavy atom. The molecule has 0 spiro atoms. The van der Waals surface area contributed by atoms with Crippen molar-refractivity contribution in [3.05, 3.63) is 57.4 Å². The SMILES string of the molecule is Cc1ccc([N+](=O)[O-])c(NC(=O)CN2CCCC2c2cccn2C)c1C. The van der Waals surface area contributed by atoms with Gasteiger partial charge in [-0.3, -0.25) is 19.8 Å². The molecule has 2 heterocycles. The lowest BCUT2D eigenvalue weighted by atomic mass is 10.1. The van der Waals surface area contributed by atoms with Gasteiger partial charge in [0.15, 0.2) is 0 Å². The minimum atomic E-state index is -0.454. The first kappa shape index (κ1) is 18.1. The van der Waals surface area contributed by atoms with Gasteiger partial charge in [-0.15, -0.1) is 0 Å². The summed E-state index contributed by atoms with van der Waals surface area (Å²) < 4.78 is 2.08. The maximum absolute atomic E-state index is 12.6. The highest BCUT2D eigenvalue weighted by Crippen LogP contribution is 2.33. The van der Waals surface area contributed by atoms with Gasteiger partial charge in [0.05, 0.1) is 17.5 Å². The zero-order valence-corrected chi connectivity index (χ0v) is 15.4. The highest BCUT2D eigenvalue weighted by atomic mass is 16.6. The predicted molar refractivity (Wildman–Crippen MR) is 100 cm³/mol. The standard InChI is InChI=1S/C19H24N4O3/c1-13-8-9-17(23(25)26)19(14(13)2)20-18(24)12-22-11-5-7-16(22)15-6-4-10-21(15)3/h4,6,8-10,16H,5,7,11-12H2,1-3H3,(H,20,24). The number of hydrogen-bond acceptors (Lipinski definition) is 4. The number of rotatable bonds is 5. The van der Waals surface area contributed by atoms with Crippen LogP contribution in [0.15, 0.2) is 30.5 Å². The van der Waals surface area contributed by atoms with E-state index in [-0.39, 0.29) is 24.2 Å². The van der Waals surface area contributed by atoms with Crippen molar-refractivity contribution in [1.29, 1.82) is 0 Å². The molecule has 26 heavy (non-hydrogen) atoms. The van der Waals surface area contributed by atoms with Crippen molar-refractivity contribution in [2.45, 2.75) is 32.7 Å². The van der Waals surface area contributed by atoms with Gasteiger partial charge < -0.3 is 9.88 Å². The number of aryl methyl sites for hydroxylation is 2. The van der Waals surface area contributed by atoms with Crippen LogP contribution < -0.4 is 5.32 Å². The molecular formula is C19H24N4O3. The van der Waals surface area contributed by atoms with Gasteiger partial charge in [0, 0.05) is 25.0 Å². The second-order valence-corrected chi connectivity index (χ2v) is 6.88. The smallest absolute Gasteiger partial charge is 0.293 e. The topological polar surface area (TPSA) is 80.4 Å². The van der Waals surface area contributed by atoms with Crippen molar-refractivity contribution in [2.75, 3.05) is 18.4 Å². The fraction of sp³-hybridized carbons (Fsp3) is 0.421. The fourth-order valence-electron chi connectivity index (χ4n) is 3.65. The van der Waals surface area contributed by atoms with E-state index in [9.17, 15) is 14.9 Å². The van der Waals surface area contributed by atoms with Crippen LogP contribution in [0.5, 0.6) is 0 Å². The molecule has 1 aliphatic heterocycles. The van der Waals surface area contributed by atoms with E-state index in [1.54, 1.807) is 13.0 Å². The normalized spacial score (nSPS) is 17.4. The van der Waals surface area contributed by atoms with E-state index in [2.05, 4.69) is 20.9 Å². The number of carbonyl (C=O) groups excluding carboxylic acids is 1. The highest BCUT2D eigenvalue weighted by molar-refractivity contribution is 5.95. The maximum atomic E-state index is 12.6. The molecule has 1 fully saturated rings. The Balaban J connectivity index is 1.76. The molecule has 1 aromatic heterocycles. The van der Waals surface area contributed by atoms with Gasteiger partial charge in [-0.2, -0.15) is 0 Å². The summed E-state index contributed by atoms with van der Waals surface area (Å²) >= 11 is 0. The van der Waals surface area contributed by atoms with Gasteiger partial charge in [0.2, 0.25) is 5.91 Å². The van der Waals surface area contributed by atoms with Gasteiger partial charge in [-0.25, -0.2) is 0 Å². The van der Waals surface area contributed by atoms with E-state index in [0.29, 0.717) is 5.69 Å². The van der Waals surface area contributed by atoms with E-state index in [4.69, 9.17) is 0 Å². The molecule has 0 saturated carbocycles. The fourth-order valence-corrected chi connectivity index (χ4v) is 3.65. The van der Waals surface area contributed by atoms with Crippen molar-refractivity contribution in [3.63, 3.8) is 0 Å². The number of nitro benzene ring substituents is 1. The largest absolute Gasteiger partial charge is 0.353 e. The van der Waals surface area contributed by atoms with Crippen LogP contribution in [0.1, 0.15) is 35.7 Å². The van der Waals surface area contributed by atoms with Gasteiger partial charge in [-0.05, 0) is 56.5 Å². The average Bonchev–Trinajstić information content (AvgIpc) is 3.20. The highest BCUT2D eigenvalue weighted by Gasteiger charge is 2.29. The third-order valence-corrected chi connectivity index (χ3v) is 5.21. The van der Waals surface area contributed by atoms with Gasteiger partial charge >= 0.3 is 0 Å². The number of carbonyl (C=O) groups is 1. The van der Waals surface area contributed by atoms with E-state index >= 15 is 0 Å². The number of benzene rings is 1. The van der Waals surface area contributed by atoms with Gasteiger partial charge in [0.25, 0.3) is 5.69 Å². The lowest BCUT2D eigenvalue weighted by Crippen LogP contribution is -2.33. The van der Waals surface area contributed by atoms with E-state index in [1.165, 1.54) is 11.8 Å². The lowest BCUT2D eigenvalue weighted by Gasteiger charge is -2.24. The minimum absolute atomic E-state index is 0.0677. The molecule has 1 unspecified atom stereocenters. The zero-order valence-electron chi connectivity index (χ0n) is 15.4. The van der Waals surface area contributed by atoms with E-state index in [1.807, 2.05) is 26.2 Å². The summed E-state index contributed by atoms with van der Waals surface area (Å²) in [7, 11) is 2.01. The first-order valence-electron chi connectivity index (χ1n) is 8.78. The Labute approximate surface area is 152 Å². The molecule has 2 aromatic rings. The lowest BCUT2D eigenvalue weighted by molar-refractivity contribution is -0.384. The predicted octanol–water partition coefficient (Wildman–Crippen LogP) is 3.33. The monoisotopic (exact) mass is 356 g/mol. The summed E-state index contributed by atoms with van der Waals surface area (Å²) in [5, 5.41) is 14.1. The Kier molecular flexibility index (Phi) is 5.08. The summed E-state index contributed by atoms with van der Waals surface area (Å²) in [4.78, 5) is 25.6. The Morgan fingerprint density at radius 2 is 2.12 bits per heavy atom. The molecule has 3 rings (SSSR count). The first-order valence-corrected chi connectivity index (χ1v) is 8.78. The molecule has 7 nitrogen and oxygen atoms in total. The van der Waals surface area contributed by atoms with Gasteiger partial charge in [0.1, 0.15) is 5.69 Å². The number of amides is 1. The van der Waals surface area contributed by atoms with Crippen molar-refractivity contribution in [3.8, 4) is 0 Å². The molecule has 1 amide bonds. The third-order valence-electron chi connectivity index (χ3n) is 5.21. The summed E-state index contributed by atoms with van der Waals surface area (Å²) in [6.07, 6.45) is 4.05. The molecule has 0 bridgehead atoms. The molecule has 1 N–H and O–H groups in total. The van der Waals surface area contributed by atoms with Gasteiger partial charge in [-0.1, -0.05) is 6.07 Å². The summed E-state index contributed by atoms with van der Waals surface area (Å²) in [5.41, 5.74) is 3.06. The van der Waals surface area contributed by atoms with Crippen LogP contribution >= 0.6 is 0 Å². The van der Waals surface area contributed by atoms with Crippen LogP contribution in [0.2, 0.25) is 0 Å². The van der Waals surface area contributed by atoms with Crippen molar-refractivity contribution in [1.82, 2.24) is 9.47 Å². The van der Waals surface area contributed by atoms with Crippen molar-refractivity contribution in [2.24, 2.45) is 7.05 Å². The molecule has 0 aliphatic carbocycles. The third kappa shape index (κ3) is 3.48.